The number of piperidine rings is 1. The highest BCUT2D eigenvalue weighted by Crippen LogP contribution is 2.25. The number of nitrogens with zero attached hydrogens (tertiary/aromatic N) is 1. The second-order valence-corrected chi connectivity index (χ2v) is 8.50. The van der Waals surface area contributed by atoms with Crippen molar-refractivity contribution in [2.45, 2.75) is 38.0 Å². The van der Waals surface area contributed by atoms with Crippen LogP contribution in [-0.2, 0) is 19.6 Å². The molecule has 0 unspecified atom stereocenters. The number of benzene rings is 1. The van der Waals surface area contributed by atoms with E-state index in [2.05, 4.69) is 5.32 Å². The Balaban J connectivity index is 1.92. The van der Waals surface area contributed by atoms with Gasteiger partial charge in [-0.3, -0.25) is 4.79 Å². The van der Waals surface area contributed by atoms with Crippen molar-refractivity contribution in [1.82, 2.24) is 9.62 Å². The molecule has 1 aromatic carbocycles. The monoisotopic (exact) mass is 368 g/mol. The van der Waals surface area contributed by atoms with Crippen molar-refractivity contribution >= 4 is 15.9 Å². The first kappa shape index (κ1) is 19.9. The summed E-state index contributed by atoms with van der Waals surface area (Å²) >= 11 is 0. The first-order valence-electron chi connectivity index (χ1n) is 8.70. The zero-order chi connectivity index (χ0) is 18.4. The van der Waals surface area contributed by atoms with Gasteiger partial charge in [-0.1, -0.05) is 6.07 Å². The Labute approximate surface area is 150 Å². The molecule has 1 saturated heterocycles. The number of hydrogen-bond donors (Lipinski definition) is 1. The molecule has 0 aromatic heterocycles. The molecule has 1 aliphatic heterocycles. The maximum atomic E-state index is 12.8. The number of nitrogens with one attached hydrogen (secondary N) is 1. The van der Waals surface area contributed by atoms with E-state index in [-0.39, 0.29) is 11.8 Å². The van der Waals surface area contributed by atoms with Gasteiger partial charge in [-0.15, -0.1) is 0 Å². The highest BCUT2D eigenvalue weighted by molar-refractivity contribution is 7.89. The molecule has 1 aliphatic rings. The van der Waals surface area contributed by atoms with E-state index >= 15 is 0 Å². The molecule has 1 fully saturated rings. The van der Waals surface area contributed by atoms with Crippen LogP contribution in [0.25, 0.3) is 0 Å². The number of aryl methyl sites for hydroxylation is 2. The number of hydrogen-bond acceptors (Lipinski definition) is 4. The maximum absolute atomic E-state index is 12.8. The van der Waals surface area contributed by atoms with Crippen molar-refractivity contribution in [3.63, 3.8) is 0 Å². The smallest absolute Gasteiger partial charge is 0.243 e. The summed E-state index contributed by atoms with van der Waals surface area (Å²) in [5.41, 5.74) is 2.04. The van der Waals surface area contributed by atoms with Crippen molar-refractivity contribution in [3.05, 3.63) is 29.3 Å². The average molecular weight is 368 g/mol. The Kier molecular flexibility index (Phi) is 6.98. The van der Waals surface area contributed by atoms with Gasteiger partial charge in [0.15, 0.2) is 0 Å². The van der Waals surface area contributed by atoms with Gasteiger partial charge in [0.05, 0.1) is 4.90 Å². The second kappa shape index (κ2) is 8.78. The van der Waals surface area contributed by atoms with Gasteiger partial charge in [-0.05, 0) is 56.4 Å². The zero-order valence-corrected chi connectivity index (χ0v) is 16.1. The minimum Gasteiger partial charge on any atom is -0.385 e. The lowest BCUT2D eigenvalue weighted by Crippen LogP contribution is -2.43. The summed E-state index contributed by atoms with van der Waals surface area (Å²) in [5.74, 6) is -0.104. The normalized spacial score (nSPS) is 16.8. The lowest BCUT2D eigenvalue weighted by atomic mass is 9.97. The SMILES string of the molecule is COCCCNC(=O)C1CCN(S(=O)(=O)c2ccc(C)c(C)c2)CC1. The minimum atomic E-state index is -3.49. The van der Waals surface area contributed by atoms with Gasteiger partial charge in [-0.25, -0.2) is 8.42 Å². The van der Waals surface area contributed by atoms with Crippen LogP contribution in [0.4, 0.5) is 0 Å². The zero-order valence-electron chi connectivity index (χ0n) is 15.2. The Morgan fingerprint density at radius 2 is 1.92 bits per heavy atom. The molecular formula is C18H28N2O4S. The fourth-order valence-electron chi connectivity index (χ4n) is 2.95. The highest BCUT2D eigenvalue weighted by Gasteiger charge is 2.32. The molecule has 0 saturated carbocycles. The largest absolute Gasteiger partial charge is 0.385 e. The number of sulfonamides is 1. The summed E-state index contributed by atoms with van der Waals surface area (Å²) in [4.78, 5) is 12.5. The molecule has 0 atom stereocenters. The molecule has 0 aliphatic carbocycles. The van der Waals surface area contributed by atoms with Gasteiger partial charge < -0.3 is 10.1 Å². The standard InChI is InChI=1S/C18H28N2O4S/c1-14-5-6-17(13-15(14)2)25(22,23)20-10-7-16(8-11-20)18(21)19-9-4-12-24-3/h5-6,13,16H,4,7-12H2,1-3H3,(H,19,21). The van der Waals surface area contributed by atoms with E-state index in [0.717, 1.165) is 17.5 Å². The lowest BCUT2D eigenvalue weighted by molar-refractivity contribution is -0.126. The van der Waals surface area contributed by atoms with Crippen molar-refractivity contribution in [1.29, 1.82) is 0 Å². The quantitative estimate of drug-likeness (QED) is 0.746. The first-order valence-corrected chi connectivity index (χ1v) is 10.1. The molecule has 1 aromatic rings. The van der Waals surface area contributed by atoms with Crippen LogP contribution in [-0.4, -0.2) is 52.0 Å². The van der Waals surface area contributed by atoms with E-state index in [9.17, 15) is 13.2 Å². The highest BCUT2D eigenvalue weighted by atomic mass is 32.2. The van der Waals surface area contributed by atoms with Crippen LogP contribution in [0.2, 0.25) is 0 Å². The molecule has 6 nitrogen and oxygen atoms in total. The molecule has 0 spiro atoms. The Bertz CT molecular complexity index is 695. The van der Waals surface area contributed by atoms with Crippen molar-refractivity contribution in [2.75, 3.05) is 33.4 Å². The van der Waals surface area contributed by atoms with E-state index < -0.39 is 10.0 Å². The Hall–Kier alpha value is -1.44. The van der Waals surface area contributed by atoms with Crippen LogP contribution in [0.1, 0.15) is 30.4 Å². The fourth-order valence-corrected chi connectivity index (χ4v) is 4.51. The van der Waals surface area contributed by atoms with Gasteiger partial charge in [0, 0.05) is 39.3 Å². The van der Waals surface area contributed by atoms with Gasteiger partial charge in [-0.2, -0.15) is 4.31 Å². The van der Waals surface area contributed by atoms with Crippen molar-refractivity contribution < 1.29 is 17.9 Å². The van der Waals surface area contributed by atoms with Crippen LogP contribution < -0.4 is 5.32 Å². The number of methoxy groups -OCH3 is 1. The van der Waals surface area contributed by atoms with Gasteiger partial charge in [0.25, 0.3) is 0 Å². The van der Waals surface area contributed by atoms with Crippen molar-refractivity contribution in [2.24, 2.45) is 5.92 Å². The third-order valence-corrected chi connectivity index (χ3v) is 6.66. The maximum Gasteiger partial charge on any atom is 0.243 e. The number of carbonyl (C=O) groups excluding carboxylic acids is 1. The van der Waals surface area contributed by atoms with Crippen molar-refractivity contribution in [3.8, 4) is 0 Å². The molecule has 2 rings (SSSR count). The third-order valence-electron chi connectivity index (χ3n) is 4.77. The third kappa shape index (κ3) is 5.03. The van der Waals surface area contributed by atoms with E-state index in [4.69, 9.17) is 4.74 Å². The molecule has 0 bridgehead atoms. The number of rotatable bonds is 7. The molecular weight excluding hydrogens is 340 g/mol. The van der Waals surface area contributed by atoms with Gasteiger partial charge >= 0.3 is 0 Å². The molecule has 0 radical (unpaired) electrons. The fraction of sp³-hybridized carbons (Fsp3) is 0.611. The number of carbonyl (C=O) groups is 1. The van der Waals surface area contributed by atoms with E-state index in [0.29, 0.717) is 44.0 Å². The average Bonchev–Trinajstić information content (AvgIpc) is 2.61. The molecule has 1 N–H and O–H groups in total. The topological polar surface area (TPSA) is 75.7 Å². The number of amides is 1. The predicted molar refractivity (Wildman–Crippen MR) is 96.9 cm³/mol. The molecule has 7 heteroatoms. The van der Waals surface area contributed by atoms with Crippen LogP contribution >= 0.6 is 0 Å². The Morgan fingerprint density at radius 3 is 2.52 bits per heavy atom. The minimum absolute atomic E-state index is 0.0133. The summed E-state index contributed by atoms with van der Waals surface area (Å²) in [7, 11) is -1.86. The van der Waals surface area contributed by atoms with Crippen LogP contribution in [0, 0.1) is 19.8 Å². The van der Waals surface area contributed by atoms with Crippen LogP contribution in [0.15, 0.2) is 23.1 Å². The first-order chi connectivity index (χ1) is 11.9. The van der Waals surface area contributed by atoms with E-state index in [1.807, 2.05) is 19.9 Å². The second-order valence-electron chi connectivity index (χ2n) is 6.56. The summed E-state index contributed by atoms with van der Waals surface area (Å²) in [5, 5.41) is 2.90. The Morgan fingerprint density at radius 1 is 1.24 bits per heavy atom. The summed E-state index contributed by atoms with van der Waals surface area (Å²) < 4.78 is 32.0. The lowest BCUT2D eigenvalue weighted by Gasteiger charge is -2.30. The molecule has 25 heavy (non-hydrogen) atoms. The summed E-state index contributed by atoms with van der Waals surface area (Å²) in [6.45, 7) is 5.84. The molecule has 140 valence electrons. The van der Waals surface area contributed by atoms with Gasteiger partial charge in [0.1, 0.15) is 0 Å². The number of ether oxygens (including phenoxy) is 1. The van der Waals surface area contributed by atoms with E-state index in [1.165, 1.54) is 4.31 Å². The van der Waals surface area contributed by atoms with Crippen LogP contribution in [0.3, 0.4) is 0 Å². The summed E-state index contributed by atoms with van der Waals surface area (Å²) in [6.07, 6.45) is 1.89. The van der Waals surface area contributed by atoms with Crippen LogP contribution in [0.5, 0.6) is 0 Å². The molecule has 1 heterocycles. The molecule has 1 amide bonds. The van der Waals surface area contributed by atoms with Gasteiger partial charge in [0.2, 0.25) is 15.9 Å². The van der Waals surface area contributed by atoms with E-state index in [1.54, 1.807) is 19.2 Å². The predicted octanol–water partition coefficient (Wildman–Crippen LogP) is 1.86. The summed E-state index contributed by atoms with van der Waals surface area (Å²) in [6, 6.07) is 5.22.